The molecule has 0 aliphatic carbocycles. The predicted octanol–water partition coefficient (Wildman–Crippen LogP) is 2.71. The van der Waals surface area contributed by atoms with Crippen LogP contribution in [0.1, 0.15) is 11.6 Å². The first kappa shape index (κ1) is 13.3. The number of hydrogen-bond donors (Lipinski definition) is 0. The number of halogens is 3. The second kappa shape index (κ2) is 5.06. The van der Waals surface area contributed by atoms with Crippen molar-refractivity contribution >= 4 is 0 Å². The second-order valence-electron chi connectivity index (χ2n) is 3.61. The fraction of sp³-hybridized carbons (Fsp3) is 0.364. The highest BCUT2D eigenvalue weighted by Gasteiger charge is 2.31. The molecule has 0 spiro atoms. The van der Waals surface area contributed by atoms with Crippen LogP contribution in [-0.2, 0) is 0 Å². The molecule has 3 nitrogen and oxygen atoms in total. The molecular weight excluding hydrogens is 233 g/mol. The van der Waals surface area contributed by atoms with E-state index in [1.165, 1.54) is 24.3 Å². The summed E-state index contributed by atoms with van der Waals surface area (Å²) in [5.41, 5.74) is 0.618. The Bertz CT molecular complexity index is 406. The molecule has 92 valence electrons. The van der Waals surface area contributed by atoms with Crippen LogP contribution in [0.3, 0.4) is 0 Å². The van der Waals surface area contributed by atoms with Gasteiger partial charge in [0.15, 0.2) is 0 Å². The van der Waals surface area contributed by atoms with Gasteiger partial charge in [-0.2, -0.15) is 5.26 Å². The zero-order valence-electron chi connectivity index (χ0n) is 9.32. The minimum atomic E-state index is -4.70. The second-order valence-corrected chi connectivity index (χ2v) is 3.61. The van der Waals surface area contributed by atoms with E-state index in [4.69, 9.17) is 5.26 Å². The number of rotatable bonds is 3. The summed E-state index contributed by atoms with van der Waals surface area (Å²) in [5.74, 6) is -0.295. The molecule has 0 radical (unpaired) electrons. The van der Waals surface area contributed by atoms with E-state index in [1.807, 2.05) is 6.07 Å². The molecule has 0 aliphatic rings. The minimum Gasteiger partial charge on any atom is -0.406 e. The van der Waals surface area contributed by atoms with Crippen LogP contribution in [0.15, 0.2) is 24.3 Å². The third kappa shape index (κ3) is 3.96. The Balaban J connectivity index is 2.85. The summed E-state index contributed by atoms with van der Waals surface area (Å²) in [4.78, 5) is 1.67. The van der Waals surface area contributed by atoms with Crippen molar-refractivity contribution in [1.82, 2.24) is 4.90 Å². The van der Waals surface area contributed by atoms with Gasteiger partial charge >= 0.3 is 6.36 Å². The minimum absolute atomic E-state index is 0.295. The largest absolute Gasteiger partial charge is 0.573 e. The van der Waals surface area contributed by atoms with Crippen molar-refractivity contribution in [2.75, 3.05) is 14.1 Å². The van der Waals surface area contributed by atoms with Crippen molar-refractivity contribution in [2.24, 2.45) is 0 Å². The van der Waals surface area contributed by atoms with Gasteiger partial charge in [-0.05, 0) is 31.8 Å². The molecule has 1 atom stereocenters. The van der Waals surface area contributed by atoms with Gasteiger partial charge in [0.1, 0.15) is 11.8 Å². The number of benzene rings is 1. The standard InChI is InChI=1S/C11H11F3N2O/c1-16(2)10(7-15)8-3-5-9(6-4-8)17-11(12,13)14/h3-6,10H,1-2H3. The molecule has 0 aliphatic heterocycles. The summed E-state index contributed by atoms with van der Waals surface area (Å²) in [7, 11) is 3.43. The summed E-state index contributed by atoms with van der Waals surface area (Å²) in [6.45, 7) is 0. The van der Waals surface area contributed by atoms with Crippen molar-refractivity contribution in [3.05, 3.63) is 29.8 Å². The topological polar surface area (TPSA) is 36.3 Å². The molecule has 0 saturated heterocycles. The molecule has 17 heavy (non-hydrogen) atoms. The summed E-state index contributed by atoms with van der Waals surface area (Å²) in [5, 5.41) is 8.90. The van der Waals surface area contributed by atoms with E-state index in [9.17, 15) is 13.2 Å². The number of hydrogen-bond acceptors (Lipinski definition) is 3. The maximum absolute atomic E-state index is 11.9. The highest BCUT2D eigenvalue weighted by molar-refractivity contribution is 5.31. The van der Waals surface area contributed by atoms with Crippen LogP contribution in [0.25, 0.3) is 0 Å². The SMILES string of the molecule is CN(C)C(C#N)c1ccc(OC(F)(F)F)cc1. The van der Waals surface area contributed by atoms with Crippen LogP contribution in [0.5, 0.6) is 5.75 Å². The molecule has 0 saturated carbocycles. The van der Waals surface area contributed by atoms with Gasteiger partial charge < -0.3 is 4.74 Å². The van der Waals surface area contributed by atoms with Gasteiger partial charge in [-0.3, -0.25) is 4.90 Å². The Hall–Kier alpha value is -1.74. The Morgan fingerprint density at radius 1 is 1.24 bits per heavy atom. The summed E-state index contributed by atoms with van der Waals surface area (Å²) in [6.07, 6.45) is -4.70. The Morgan fingerprint density at radius 2 is 1.76 bits per heavy atom. The van der Waals surface area contributed by atoms with E-state index in [-0.39, 0.29) is 5.75 Å². The van der Waals surface area contributed by atoms with Crippen molar-refractivity contribution in [3.63, 3.8) is 0 Å². The predicted molar refractivity (Wildman–Crippen MR) is 55.2 cm³/mol. The van der Waals surface area contributed by atoms with Crippen molar-refractivity contribution in [3.8, 4) is 11.8 Å². The van der Waals surface area contributed by atoms with Crippen LogP contribution in [-0.4, -0.2) is 25.4 Å². The molecule has 1 rings (SSSR count). The smallest absolute Gasteiger partial charge is 0.406 e. The lowest BCUT2D eigenvalue weighted by Gasteiger charge is -2.17. The highest BCUT2D eigenvalue weighted by atomic mass is 19.4. The van der Waals surface area contributed by atoms with Gasteiger partial charge in [0.25, 0.3) is 0 Å². The maximum Gasteiger partial charge on any atom is 0.573 e. The first-order valence-electron chi connectivity index (χ1n) is 4.75. The molecule has 1 unspecified atom stereocenters. The zero-order valence-corrected chi connectivity index (χ0v) is 9.32. The van der Waals surface area contributed by atoms with Gasteiger partial charge in [-0.15, -0.1) is 13.2 Å². The Labute approximate surface area is 97.0 Å². The number of nitrogens with zero attached hydrogens (tertiary/aromatic N) is 2. The summed E-state index contributed by atoms with van der Waals surface area (Å²) >= 11 is 0. The lowest BCUT2D eigenvalue weighted by molar-refractivity contribution is -0.274. The summed E-state index contributed by atoms with van der Waals surface area (Å²) < 4.78 is 39.5. The fourth-order valence-corrected chi connectivity index (χ4v) is 1.34. The van der Waals surface area contributed by atoms with Crippen molar-refractivity contribution < 1.29 is 17.9 Å². The van der Waals surface area contributed by atoms with Gasteiger partial charge in [0.05, 0.1) is 6.07 Å². The third-order valence-corrected chi connectivity index (χ3v) is 2.07. The van der Waals surface area contributed by atoms with Gasteiger partial charge in [0, 0.05) is 0 Å². The molecule has 0 bridgehead atoms. The van der Waals surface area contributed by atoms with E-state index >= 15 is 0 Å². The average Bonchev–Trinajstić information content (AvgIpc) is 2.18. The molecule has 0 aromatic heterocycles. The molecule has 0 amide bonds. The third-order valence-electron chi connectivity index (χ3n) is 2.07. The van der Waals surface area contributed by atoms with Gasteiger partial charge in [0.2, 0.25) is 0 Å². The molecular formula is C11H11F3N2O. The normalized spacial score (nSPS) is 13.2. The average molecular weight is 244 g/mol. The van der Waals surface area contributed by atoms with E-state index in [2.05, 4.69) is 4.74 Å². The quantitative estimate of drug-likeness (QED) is 0.820. The molecule has 6 heteroatoms. The van der Waals surface area contributed by atoms with E-state index in [0.29, 0.717) is 5.56 Å². The Kier molecular flexibility index (Phi) is 3.97. The first-order valence-corrected chi connectivity index (χ1v) is 4.75. The monoisotopic (exact) mass is 244 g/mol. The summed E-state index contributed by atoms with van der Waals surface area (Å²) in [6, 6.07) is 6.82. The molecule has 1 aromatic carbocycles. The zero-order chi connectivity index (χ0) is 13.1. The molecule has 0 heterocycles. The van der Waals surface area contributed by atoms with E-state index in [0.717, 1.165) is 0 Å². The van der Waals surface area contributed by atoms with Crippen LogP contribution in [0.2, 0.25) is 0 Å². The maximum atomic E-state index is 11.9. The van der Waals surface area contributed by atoms with Crippen LogP contribution in [0.4, 0.5) is 13.2 Å². The van der Waals surface area contributed by atoms with Gasteiger partial charge in [-0.1, -0.05) is 12.1 Å². The lowest BCUT2D eigenvalue weighted by Crippen LogP contribution is -2.19. The van der Waals surface area contributed by atoms with E-state index < -0.39 is 12.4 Å². The van der Waals surface area contributed by atoms with Crippen LogP contribution >= 0.6 is 0 Å². The van der Waals surface area contributed by atoms with Crippen LogP contribution < -0.4 is 4.74 Å². The number of nitriles is 1. The molecule has 0 N–H and O–H groups in total. The molecule has 0 fully saturated rings. The first-order chi connectivity index (χ1) is 7.83. The van der Waals surface area contributed by atoms with Crippen molar-refractivity contribution in [2.45, 2.75) is 12.4 Å². The highest BCUT2D eigenvalue weighted by Crippen LogP contribution is 2.25. The Morgan fingerprint density at radius 3 is 2.12 bits per heavy atom. The number of ether oxygens (including phenoxy) is 1. The molecule has 1 aromatic rings. The van der Waals surface area contributed by atoms with Crippen LogP contribution in [0, 0.1) is 11.3 Å². The fourth-order valence-electron chi connectivity index (χ4n) is 1.34. The van der Waals surface area contributed by atoms with E-state index in [1.54, 1.807) is 19.0 Å². The lowest BCUT2D eigenvalue weighted by atomic mass is 10.1. The van der Waals surface area contributed by atoms with Crippen molar-refractivity contribution in [1.29, 1.82) is 5.26 Å². The number of alkyl halides is 3. The van der Waals surface area contributed by atoms with Gasteiger partial charge in [-0.25, -0.2) is 0 Å².